The number of carboxylic acids is 1. The molecule has 16 nitrogen and oxygen atoms in total. The molecule has 0 aromatic heterocycles. The van der Waals surface area contributed by atoms with Gasteiger partial charge in [0, 0.05) is 66.4 Å². The predicted molar refractivity (Wildman–Crippen MR) is 227 cm³/mol. The molecular formula is C42H56N2Na2O14S3. The monoisotopic (exact) mass is 954 g/mol. The quantitative estimate of drug-likeness (QED) is 0.0498. The Morgan fingerprint density at radius 3 is 2.17 bits per heavy atom. The summed E-state index contributed by atoms with van der Waals surface area (Å²) >= 11 is 0. The molecule has 1 atom stereocenters. The number of hydrogen-bond acceptors (Lipinski definition) is 14. The van der Waals surface area contributed by atoms with E-state index in [1.54, 1.807) is 32.3 Å². The molecule has 2 aliphatic heterocycles. The Morgan fingerprint density at radius 1 is 0.873 bits per heavy atom. The van der Waals surface area contributed by atoms with Gasteiger partial charge >= 0.3 is 65.1 Å². The average Bonchev–Trinajstić information content (AvgIpc) is 3.37. The zero-order valence-corrected chi connectivity index (χ0v) is 43.7. The van der Waals surface area contributed by atoms with Gasteiger partial charge in [-0.3, -0.25) is 4.79 Å². The third-order valence-corrected chi connectivity index (χ3v) is 13.0. The van der Waals surface area contributed by atoms with Gasteiger partial charge in [0.1, 0.15) is 34.8 Å². The van der Waals surface area contributed by atoms with Crippen molar-refractivity contribution < 1.29 is 122 Å². The van der Waals surface area contributed by atoms with Gasteiger partial charge in [0.25, 0.3) is 0 Å². The number of rotatable bonds is 23. The van der Waals surface area contributed by atoms with E-state index in [-0.39, 0.29) is 96.8 Å². The van der Waals surface area contributed by atoms with Gasteiger partial charge in [-0.2, -0.15) is 0 Å². The van der Waals surface area contributed by atoms with E-state index in [1.165, 1.54) is 18.2 Å². The van der Waals surface area contributed by atoms with Crippen LogP contribution in [0.3, 0.4) is 0 Å². The minimum absolute atomic E-state index is 0. The maximum atomic E-state index is 12.2. The fraction of sp³-hybridized carbons (Fsp3) is 0.524. The first-order chi connectivity index (χ1) is 28.4. The van der Waals surface area contributed by atoms with E-state index >= 15 is 0 Å². The maximum Gasteiger partial charge on any atom is 1.00 e. The van der Waals surface area contributed by atoms with Gasteiger partial charge in [-0.1, -0.05) is 33.3 Å². The second-order valence-electron chi connectivity index (χ2n) is 16.3. The zero-order valence-electron chi connectivity index (χ0n) is 37.3. The second kappa shape index (κ2) is 24.7. The number of nitrogens with zero attached hydrogens (tertiary/aromatic N) is 2. The largest absolute Gasteiger partial charge is 1.00 e. The number of anilines is 1. The molecule has 0 saturated carbocycles. The molecule has 1 aliphatic carbocycles. The van der Waals surface area contributed by atoms with Crippen molar-refractivity contribution in [3.63, 3.8) is 0 Å². The van der Waals surface area contributed by atoms with Crippen molar-refractivity contribution in [2.75, 3.05) is 63.0 Å². The van der Waals surface area contributed by atoms with Crippen LogP contribution in [0.5, 0.6) is 0 Å². The van der Waals surface area contributed by atoms with Gasteiger partial charge in [-0.05, 0) is 91.6 Å². The number of ether oxygens (including phenoxy) is 2. The number of methoxy groups -OCH3 is 1. The minimum Gasteiger partial charge on any atom is -0.748 e. The molecule has 1 N–H and O–H groups in total. The number of hydrogen-bond donors (Lipinski definition) is 1. The van der Waals surface area contributed by atoms with Crippen LogP contribution >= 0.6 is 0 Å². The first-order valence-electron chi connectivity index (χ1n) is 20.0. The Bertz CT molecular complexity index is 2460. The van der Waals surface area contributed by atoms with Crippen LogP contribution in [0.1, 0.15) is 89.5 Å². The van der Waals surface area contributed by atoms with Crippen LogP contribution in [0.25, 0.3) is 17.4 Å². The Kier molecular flexibility index (Phi) is 22.4. The Labute approximate surface area is 416 Å². The van der Waals surface area contributed by atoms with Crippen LogP contribution in [-0.4, -0.2) is 108 Å². The van der Waals surface area contributed by atoms with E-state index in [9.17, 15) is 43.7 Å². The van der Waals surface area contributed by atoms with E-state index in [4.69, 9.17) is 19.0 Å². The number of benzene rings is 2. The first kappa shape index (κ1) is 57.2. The summed E-state index contributed by atoms with van der Waals surface area (Å²) in [5.41, 5.74) is 2.11. The van der Waals surface area contributed by atoms with Gasteiger partial charge in [-0.15, -0.1) is 0 Å². The van der Waals surface area contributed by atoms with Crippen molar-refractivity contribution in [1.29, 1.82) is 0 Å². The fourth-order valence-electron chi connectivity index (χ4n) is 7.57. The normalized spacial score (nSPS) is 16.9. The van der Waals surface area contributed by atoms with Crippen molar-refractivity contribution in [2.45, 2.75) is 88.4 Å². The zero-order chi connectivity index (χ0) is 45.2. The van der Waals surface area contributed by atoms with Crippen LogP contribution in [0, 0.1) is 0 Å². The molecule has 1 unspecified atom stereocenters. The van der Waals surface area contributed by atoms with Crippen molar-refractivity contribution in [3.05, 3.63) is 82.6 Å². The predicted octanol–water partition coefficient (Wildman–Crippen LogP) is -1.39. The summed E-state index contributed by atoms with van der Waals surface area (Å²) in [5, 5.41) is 9.86. The van der Waals surface area contributed by atoms with E-state index in [0.29, 0.717) is 80.6 Å². The first-order valence-corrected chi connectivity index (χ1v) is 24.6. The Hall–Kier alpha value is -1.95. The summed E-state index contributed by atoms with van der Waals surface area (Å²) in [6.45, 7) is 10.1. The minimum atomic E-state index is -4.87. The number of carboxylic acid groups (broad SMARTS) is 1. The van der Waals surface area contributed by atoms with Crippen molar-refractivity contribution >= 4 is 48.1 Å². The molecule has 0 saturated heterocycles. The Balaban J connectivity index is 0.00000683. The van der Waals surface area contributed by atoms with Gasteiger partial charge in [0.15, 0.2) is 6.54 Å². The van der Waals surface area contributed by atoms with Gasteiger partial charge < -0.3 is 37.6 Å². The molecule has 4 rings (SSSR count). The van der Waals surface area contributed by atoms with Crippen molar-refractivity contribution in [1.82, 2.24) is 4.58 Å². The van der Waals surface area contributed by atoms with Crippen LogP contribution in [0.4, 0.5) is 5.69 Å². The number of unbranched alkanes of at least 4 members (excludes halogenated alkanes) is 2. The number of allylic oxidation sites excluding steroid dienone is 3. The van der Waals surface area contributed by atoms with Crippen LogP contribution in [-0.2, 0) is 55.5 Å². The third-order valence-electron chi connectivity index (χ3n) is 10.6. The second-order valence-corrected chi connectivity index (χ2v) is 20.7. The Morgan fingerprint density at radius 2 is 1.56 bits per heavy atom. The number of aliphatic carboxylic acids is 1. The average molecular weight is 955 g/mol. The summed E-state index contributed by atoms with van der Waals surface area (Å²) in [6, 6.07) is 11.7. The summed E-state index contributed by atoms with van der Waals surface area (Å²) in [5.74, 6) is -1.09. The molecule has 21 heteroatoms. The summed E-state index contributed by atoms with van der Waals surface area (Å²) in [7, 11) is -12.3. The summed E-state index contributed by atoms with van der Waals surface area (Å²) < 4.78 is 125. The van der Waals surface area contributed by atoms with Gasteiger partial charge in [-0.25, -0.2) is 29.8 Å². The molecule has 338 valence electrons. The molecule has 2 heterocycles. The maximum absolute atomic E-state index is 12.2. The standard InChI is InChI=1S/C42H58N2O14S3.2Na/c1-41(2,3)35-29-32(58-38-28-31(15-17-34(35)38)43(20-11-27-60(50,51)52)22-23-57-25-24-56-5)12-9-13-39-42(4,19-10-26-59(47,48)49)36-30-33(61(53,54)55)16-18-37(36)44(39)21-8-6-7-14-40(45)46;;/h9,12-13,15-18,28-30H,6-8,10-11,14,19-27H2,1-5H3,(H3-,45,46,47,48,49,50,51,52,53,54,55);;/q;2*+1/p-2. The van der Waals surface area contributed by atoms with Crippen LogP contribution in [0.2, 0.25) is 0 Å². The summed E-state index contributed by atoms with van der Waals surface area (Å²) in [4.78, 5) is 12.6. The van der Waals surface area contributed by atoms with Gasteiger partial charge in [0.2, 0.25) is 5.36 Å². The molecule has 0 spiro atoms. The topological polar surface area (TPSA) is 247 Å². The molecule has 1 aromatic carbocycles. The fourth-order valence-corrected chi connectivity index (χ4v) is 9.04. The molecule has 3 aliphatic rings. The smallest absolute Gasteiger partial charge is 0.748 e. The van der Waals surface area contributed by atoms with E-state index < -0.39 is 58.1 Å². The molecule has 0 bridgehead atoms. The van der Waals surface area contributed by atoms with Gasteiger partial charge in [0.05, 0.1) is 44.4 Å². The van der Waals surface area contributed by atoms with E-state index in [0.717, 1.165) is 16.5 Å². The number of carbonyl (C=O) groups is 1. The van der Waals surface area contributed by atoms with Crippen molar-refractivity contribution in [3.8, 4) is 11.3 Å². The molecule has 0 radical (unpaired) electrons. The molecule has 1 aromatic rings. The molecule has 63 heavy (non-hydrogen) atoms. The third kappa shape index (κ3) is 17.3. The number of fused-ring (bicyclic) bond motifs is 2. The summed E-state index contributed by atoms with van der Waals surface area (Å²) in [6.07, 6.45) is 7.03. The van der Waals surface area contributed by atoms with Crippen LogP contribution in [0.15, 0.2) is 69.6 Å². The molecule has 0 amide bonds. The SMILES string of the molecule is COCCOCC[N+](CCCS(=O)(=O)[O-])=c1ccc2c(C(C)(C)C)cc(/C=C/C=C3/N(CCCCCC(=O)O)c4ccc(S(=O)(=O)[O-])cc4C3(C)CCCS(=O)(=O)[O-])oc-2c1.[Na+].[Na+]. The molecular weight excluding hydrogens is 899 g/mol. The van der Waals surface area contributed by atoms with Crippen LogP contribution < -0.4 is 73.9 Å². The van der Waals surface area contributed by atoms with Crippen molar-refractivity contribution in [2.24, 2.45) is 0 Å². The molecule has 0 fully saturated rings. The van der Waals surface area contributed by atoms with E-state index in [2.05, 4.69) is 20.8 Å². The van der Waals surface area contributed by atoms with E-state index in [1.807, 2.05) is 33.7 Å².